The molecule has 1 saturated heterocycles. The zero-order chi connectivity index (χ0) is 14.0. The van der Waals surface area contributed by atoms with Gasteiger partial charge in [-0.05, 0) is 11.5 Å². The van der Waals surface area contributed by atoms with Crippen molar-refractivity contribution in [3.63, 3.8) is 0 Å². The molecule has 1 fully saturated rings. The first-order valence-electron chi connectivity index (χ1n) is 6.58. The Labute approximate surface area is 117 Å². The van der Waals surface area contributed by atoms with Crippen molar-refractivity contribution < 1.29 is 4.92 Å². The summed E-state index contributed by atoms with van der Waals surface area (Å²) in [6.45, 7) is 10.6. The van der Waals surface area contributed by atoms with E-state index in [9.17, 15) is 10.1 Å². The minimum absolute atomic E-state index is 0.0655. The lowest BCUT2D eigenvalue weighted by atomic mass is 9.84. The van der Waals surface area contributed by atoms with E-state index in [-0.39, 0.29) is 21.4 Å². The quantitative estimate of drug-likeness (QED) is 0.684. The van der Waals surface area contributed by atoms with Crippen LogP contribution in [0.15, 0.2) is 12.1 Å². The Bertz CT molecular complexity index is 447. The summed E-state index contributed by atoms with van der Waals surface area (Å²) < 4.78 is 0. The van der Waals surface area contributed by atoms with Crippen molar-refractivity contribution in [2.24, 2.45) is 5.41 Å². The number of hydrogen-bond donors (Lipinski definition) is 1. The number of piperazine rings is 1. The highest BCUT2D eigenvalue weighted by Crippen LogP contribution is 2.42. The third kappa shape index (κ3) is 3.32. The highest BCUT2D eigenvalue weighted by atomic mass is 32.1. The van der Waals surface area contributed by atoms with Gasteiger partial charge in [0, 0.05) is 43.2 Å². The first-order valence-corrected chi connectivity index (χ1v) is 7.40. The average molecular weight is 283 g/mol. The molecule has 0 amide bonds. The molecule has 5 nitrogen and oxygen atoms in total. The van der Waals surface area contributed by atoms with E-state index in [2.05, 4.69) is 31.0 Å². The Balaban J connectivity index is 2.28. The summed E-state index contributed by atoms with van der Waals surface area (Å²) in [6.07, 6.45) is 0. The molecular weight excluding hydrogens is 262 g/mol. The number of nitrogens with zero attached hydrogens (tertiary/aromatic N) is 2. The predicted molar refractivity (Wildman–Crippen MR) is 77.6 cm³/mol. The molecule has 1 N–H and O–H groups in total. The molecule has 2 heterocycles. The first-order chi connectivity index (χ1) is 8.89. The maximum atomic E-state index is 10.9. The summed E-state index contributed by atoms with van der Waals surface area (Å²) in [5.41, 5.74) is 0.0655. The summed E-state index contributed by atoms with van der Waals surface area (Å²) in [4.78, 5) is 14.1. The molecule has 1 aliphatic heterocycles. The molecule has 0 aromatic carbocycles. The maximum Gasteiger partial charge on any atom is 0.324 e. The van der Waals surface area contributed by atoms with Crippen molar-refractivity contribution in [2.75, 3.05) is 26.2 Å². The fourth-order valence-electron chi connectivity index (χ4n) is 2.68. The molecule has 106 valence electrons. The van der Waals surface area contributed by atoms with Gasteiger partial charge in [-0.25, -0.2) is 0 Å². The smallest absolute Gasteiger partial charge is 0.314 e. The molecule has 0 aliphatic carbocycles. The van der Waals surface area contributed by atoms with Crippen LogP contribution in [0, 0.1) is 15.5 Å². The van der Waals surface area contributed by atoms with Gasteiger partial charge in [-0.1, -0.05) is 32.1 Å². The minimum Gasteiger partial charge on any atom is -0.314 e. The van der Waals surface area contributed by atoms with Crippen LogP contribution >= 0.6 is 11.3 Å². The van der Waals surface area contributed by atoms with E-state index < -0.39 is 0 Å². The molecule has 6 heteroatoms. The number of nitrogens with one attached hydrogen (secondary N) is 1. The fraction of sp³-hybridized carbons (Fsp3) is 0.692. The molecular formula is C13H21N3O2S. The lowest BCUT2D eigenvalue weighted by Crippen LogP contribution is -2.48. The Morgan fingerprint density at radius 1 is 1.37 bits per heavy atom. The van der Waals surface area contributed by atoms with Gasteiger partial charge in [-0.2, -0.15) is 0 Å². The zero-order valence-electron chi connectivity index (χ0n) is 11.7. The van der Waals surface area contributed by atoms with Crippen LogP contribution in [-0.2, 0) is 0 Å². The number of hydrogen-bond acceptors (Lipinski definition) is 5. The van der Waals surface area contributed by atoms with E-state index in [0.29, 0.717) is 0 Å². The molecule has 0 spiro atoms. The van der Waals surface area contributed by atoms with Crippen molar-refractivity contribution in [2.45, 2.75) is 26.8 Å². The molecule has 19 heavy (non-hydrogen) atoms. The molecule has 0 unspecified atom stereocenters. The van der Waals surface area contributed by atoms with E-state index in [0.717, 1.165) is 31.1 Å². The Morgan fingerprint density at radius 2 is 2.00 bits per heavy atom. The van der Waals surface area contributed by atoms with Gasteiger partial charge < -0.3 is 5.32 Å². The van der Waals surface area contributed by atoms with Gasteiger partial charge in [0.15, 0.2) is 0 Å². The topological polar surface area (TPSA) is 58.4 Å². The Hall–Kier alpha value is -0.980. The van der Waals surface area contributed by atoms with Crippen molar-refractivity contribution >= 4 is 16.3 Å². The van der Waals surface area contributed by atoms with Gasteiger partial charge >= 0.3 is 5.00 Å². The minimum atomic E-state index is -0.300. The van der Waals surface area contributed by atoms with Crippen LogP contribution < -0.4 is 5.32 Å². The van der Waals surface area contributed by atoms with Crippen molar-refractivity contribution in [3.05, 3.63) is 27.1 Å². The number of rotatable bonds is 3. The Morgan fingerprint density at radius 3 is 2.47 bits per heavy atom. The van der Waals surface area contributed by atoms with E-state index in [1.807, 2.05) is 6.07 Å². The normalized spacial score (nSPS) is 19.3. The lowest BCUT2D eigenvalue weighted by Gasteiger charge is -2.41. The van der Waals surface area contributed by atoms with Gasteiger partial charge in [0.25, 0.3) is 0 Å². The molecule has 2 rings (SSSR count). The van der Waals surface area contributed by atoms with Crippen LogP contribution in [0.4, 0.5) is 5.00 Å². The van der Waals surface area contributed by atoms with Crippen LogP contribution in [0.25, 0.3) is 0 Å². The van der Waals surface area contributed by atoms with Gasteiger partial charge in [0.1, 0.15) is 0 Å². The summed E-state index contributed by atoms with van der Waals surface area (Å²) in [5.74, 6) is 0. The standard InChI is InChI=1S/C13H21N3O2S/c1-13(2,3)12(15-8-6-14-7-9-15)10-4-5-11(19-10)16(17)18/h4-5,12,14H,6-9H2,1-3H3/t12-/m1/s1. The predicted octanol–water partition coefficient (Wildman–Crippen LogP) is 2.65. The third-order valence-corrected chi connectivity index (χ3v) is 4.49. The second kappa shape index (κ2) is 5.56. The highest BCUT2D eigenvalue weighted by Gasteiger charge is 2.34. The summed E-state index contributed by atoms with van der Waals surface area (Å²) in [7, 11) is 0. The zero-order valence-corrected chi connectivity index (χ0v) is 12.5. The third-order valence-electron chi connectivity index (χ3n) is 3.40. The fourth-order valence-corrected chi connectivity index (χ4v) is 3.88. The van der Waals surface area contributed by atoms with Gasteiger partial charge in [0.2, 0.25) is 0 Å². The molecule has 1 atom stereocenters. The molecule has 0 saturated carbocycles. The van der Waals surface area contributed by atoms with Gasteiger partial charge in [-0.3, -0.25) is 15.0 Å². The summed E-state index contributed by atoms with van der Waals surface area (Å²) in [6, 6.07) is 3.79. The van der Waals surface area contributed by atoms with Gasteiger partial charge in [0.05, 0.1) is 4.92 Å². The van der Waals surface area contributed by atoms with Crippen LogP contribution in [0.3, 0.4) is 0 Å². The molecule has 1 aromatic heterocycles. The summed E-state index contributed by atoms with van der Waals surface area (Å²) in [5, 5.41) is 14.4. The average Bonchev–Trinajstić information content (AvgIpc) is 2.78. The van der Waals surface area contributed by atoms with Crippen LogP contribution in [0.2, 0.25) is 0 Å². The largest absolute Gasteiger partial charge is 0.324 e. The van der Waals surface area contributed by atoms with E-state index in [4.69, 9.17) is 0 Å². The second-order valence-electron chi connectivity index (χ2n) is 5.99. The molecule has 1 aliphatic rings. The van der Waals surface area contributed by atoms with E-state index in [1.54, 1.807) is 6.07 Å². The van der Waals surface area contributed by atoms with Gasteiger partial charge in [-0.15, -0.1) is 0 Å². The second-order valence-corrected chi connectivity index (χ2v) is 7.08. The highest BCUT2D eigenvalue weighted by molar-refractivity contribution is 7.15. The molecule has 0 radical (unpaired) electrons. The number of nitro groups is 1. The lowest BCUT2D eigenvalue weighted by molar-refractivity contribution is -0.380. The van der Waals surface area contributed by atoms with Crippen molar-refractivity contribution in [3.8, 4) is 0 Å². The molecule has 1 aromatic rings. The molecule has 0 bridgehead atoms. The Kier molecular flexibility index (Phi) is 4.23. The van der Waals surface area contributed by atoms with Crippen molar-refractivity contribution in [1.29, 1.82) is 0 Å². The number of thiophene rings is 1. The monoisotopic (exact) mass is 283 g/mol. The van der Waals surface area contributed by atoms with E-state index >= 15 is 0 Å². The maximum absolute atomic E-state index is 10.9. The van der Waals surface area contributed by atoms with Crippen LogP contribution in [0.5, 0.6) is 0 Å². The van der Waals surface area contributed by atoms with Crippen molar-refractivity contribution in [1.82, 2.24) is 10.2 Å². The summed E-state index contributed by atoms with van der Waals surface area (Å²) >= 11 is 1.31. The SMILES string of the molecule is CC(C)(C)[C@@H](c1ccc([N+](=O)[O-])s1)N1CCNCC1. The van der Waals surface area contributed by atoms with Crippen LogP contribution in [0.1, 0.15) is 31.7 Å². The van der Waals surface area contributed by atoms with Crippen LogP contribution in [-0.4, -0.2) is 36.0 Å². The van der Waals surface area contributed by atoms with E-state index in [1.165, 1.54) is 11.3 Å². The first kappa shape index (κ1) is 14.4.